The minimum Gasteiger partial charge on any atom is -0.481 e. The number of hydrogen-bond acceptors (Lipinski definition) is 3. The minimum atomic E-state index is -0.889. The molecule has 3 rings (SSSR count). The Kier molecular flexibility index (Phi) is 2.93. The number of aliphatic carboxylic acids is 1. The molecule has 2 N–H and O–H groups in total. The van der Waals surface area contributed by atoms with Crippen LogP contribution >= 0.6 is 0 Å². The first-order chi connectivity index (χ1) is 9.58. The number of nitrogens with zero attached hydrogens (tertiary/aromatic N) is 2. The molecular formula is C14H15N3O3. The van der Waals surface area contributed by atoms with Gasteiger partial charge in [0.25, 0.3) is 5.91 Å². The Labute approximate surface area is 115 Å². The molecule has 2 heterocycles. The summed E-state index contributed by atoms with van der Waals surface area (Å²) in [6.07, 6.45) is 5.79. The highest BCUT2D eigenvalue weighted by Crippen LogP contribution is 2.35. The largest absolute Gasteiger partial charge is 0.481 e. The summed E-state index contributed by atoms with van der Waals surface area (Å²) in [5, 5.41) is 11.8. The van der Waals surface area contributed by atoms with E-state index in [1.165, 1.54) is 0 Å². The summed E-state index contributed by atoms with van der Waals surface area (Å²) < 4.78 is 1.76. The van der Waals surface area contributed by atoms with Gasteiger partial charge in [0.2, 0.25) is 0 Å². The fraction of sp³-hybridized carbons (Fsp3) is 0.357. The molecule has 0 saturated heterocycles. The summed E-state index contributed by atoms with van der Waals surface area (Å²) in [5.74, 6) is -1.20. The highest BCUT2D eigenvalue weighted by Gasteiger charge is 2.40. The first-order valence-corrected chi connectivity index (χ1v) is 6.56. The number of carboxylic acids is 1. The van der Waals surface area contributed by atoms with Crippen molar-refractivity contribution in [1.29, 1.82) is 0 Å². The third-order valence-electron chi connectivity index (χ3n) is 3.78. The van der Waals surface area contributed by atoms with E-state index in [2.05, 4.69) is 10.3 Å². The van der Waals surface area contributed by atoms with E-state index in [1.807, 2.05) is 24.4 Å². The summed E-state index contributed by atoms with van der Waals surface area (Å²) in [6, 6.07) is 5.52. The number of carboxylic acid groups (broad SMARTS) is 1. The van der Waals surface area contributed by atoms with Gasteiger partial charge in [-0.05, 0) is 31.4 Å². The third-order valence-corrected chi connectivity index (χ3v) is 3.78. The molecule has 0 bridgehead atoms. The fourth-order valence-electron chi connectivity index (χ4n) is 2.59. The van der Waals surface area contributed by atoms with E-state index in [4.69, 9.17) is 5.11 Å². The first-order valence-electron chi connectivity index (χ1n) is 6.56. The predicted molar refractivity (Wildman–Crippen MR) is 71.5 cm³/mol. The average Bonchev–Trinajstić information content (AvgIpc) is 2.79. The van der Waals surface area contributed by atoms with Gasteiger partial charge in [-0.25, -0.2) is 4.98 Å². The van der Waals surface area contributed by atoms with E-state index in [0.29, 0.717) is 24.2 Å². The molecule has 0 unspecified atom stereocenters. The van der Waals surface area contributed by atoms with Crippen molar-refractivity contribution in [2.24, 2.45) is 0 Å². The number of aromatic nitrogens is 2. The molecule has 20 heavy (non-hydrogen) atoms. The van der Waals surface area contributed by atoms with Gasteiger partial charge in [-0.2, -0.15) is 0 Å². The van der Waals surface area contributed by atoms with Gasteiger partial charge >= 0.3 is 5.97 Å². The van der Waals surface area contributed by atoms with Crippen molar-refractivity contribution in [3.05, 3.63) is 36.3 Å². The zero-order chi connectivity index (χ0) is 14.2. The standard InChI is InChI=1S/C14H15N3O3/c18-12(19)8-14(5-3-6-14)16-13(20)10-9-17-7-2-1-4-11(17)15-10/h1-2,4,7,9H,3,5-6,8H2,(H,16,20)(H,18,19). The van der Waals surface area contributed by atoms with Crippen LogP contribution in [0.4, 0.5) is 0 Å². The van der Waals surface area contributed by atoms with Crippen molar-refractivity contribution in [3.63, 3.8) is 0 Å². The van der Waals surface area contributed by atoms with E-state index in [-0.39, 0.29) is 12.3 Å². The number of hydrogen-bond donors (Lipinski definition) is 2. The van der Waals surface area contributed by atoms with Crippen LogP contribution in [-0.4, -0.2) is 31.9 Å². The Morgan fingerprint density at radius 1 is 1.40 bits per heavy atom. The second-order valence-electron chi connectivity index (χ2n) is 5.25. The molecule has 1 amide bonds. The number of nitrogens with one attached hydrogen (secondary N) is 1. The lowest BCUT2D eigenvalue weighted by atomic mass is 9.74. The number of pyridine rings is 1. The normalized spacial score (nSPS) is 16.6. The number of amides is 1. The lowest BCUT2D eigenvalue weighted by molar-refractivity contribution is -0.139. The van der Waals surface area contributed by atoms with Crippen LogP contribution in [0.15, 0.2) is 30.6 Å². The van der Waals surface area contributed by atoms with Crippen LogP contribution in [0, 0.1) is 0 Å². The molecule has 1 saturated carbocycles. The van der Waals surface area contributed by atoms with Crippen molar-refractivity contribution in [2.75, 3.05) is 0 Å². The SMILES string of the molecule is O=C(O)CC1(NC(=O)c2cn3ccccc3n2)CCC1. The van der Waals surface area contributed by atoms with Crippen LogP contribution in [0.3, 0.4) is 0 Å². The van der Waals surface area contributed by atoms with E-state index in [1.54, 1.807) is 10.6 Å². The zero-order valence-electron chi connectivity index (χ0n) is 10.9. The van der Waals surface area contributed by atoms with Gasteiger partial charge in [0.1, 0.15) is 11.3 Å². The van der Waals surface area contributed by atoms with Crippen LogP contribution in [-0.2, 0) is 4.79 Å². The Balaban J connectivity index is 1.80. The highest BCUT2D eigenvalue weighted by molar-refractivity contribution is 5.93. The van der Waals surface area contributed by atoms with Crippen molar-refractivity contribution in [1.82, 2.24) is 14.7 Å². The Morgan fingerprint density at radius 2 is 2.20 bits per heavy atom. The van der Waals surface area contributed by atoms with Gasteiger partial charge in [0, 0.05) is 12.4 Å². The number of carbonyl (C=O) groups excluding carboxylic acids is 1. The summed E-state index contributed by atoms with van der Waals surface area (Å²) in [7, 11) is 0. The third kappa shape index (κ3) is 2.24. The van der Waals surface area contributed by atoms with Crippen LogP contribution in [0.5, 0.6) is 0 Å². The molecule has 1 aliphatic rings. The van der Waals surface area contributed by atoms with Crippen molar-refractivity contribution in [3.8, 4) is 0 Å². The van der Waals surface area contributed by atoms with Crippen molar-refractivity contribution >= 4 is 17.5 Å². The Hall–Kier alpha value is -2.37. The molecule has 0 radical (unpaired) electrons. The molecule has 0 spiro atoms. The molecule has 6 nitrogen and oxygen atoms in total. The maximum atomic E-state index is 12.2. The fourth-order valence-corrected chi connectivity index (χ4v) is 2.59. The summed E-state index contributed by atoms with van der Waals surface area (Å²) in [5.41, 5.74) is 0.407. The Bertz CT molecular complexity index is 640. The molecule has 6 heteroatoms. The molecule has 1 aliphatic carbocycles. The topological polar surface area (TPSA) is 83.7 Å². The molecule has 1 fully saturated rings. The quantitative estimate of drug-likeness (QED) is 0.883. The summed E-state index contributed by atoms with van der Waals surface area (Å²) in [4.78, 5) is 27.4. The molecule has 104 valence electrons. The summed E-state index contributed by atoms with van der Waals surface area (Å²) >= 11 is 0. The second kappa shape index (κ2) is 4.63. The molecule has 2 aromatic rings. The van der Waals surface area contributed by atoms with E-state index in [9.17, 15) is 9.59 Å². The minimum absolute atomic E-state index is 0.0356. The molecule has 0 aliphatic heterocycles. The van der Waals surface area contributed by atoms with Crippen LogP contribution in [0.2, 0.25) is 0 Å². The van der Waals surface area contributed by atoms with Gasteiger partial charge in [0.05, 0.1) is 12.0 Å². The monoisotopic (exact) mass is 273 g/mol. The number of imidazole rings is 1. The lowest BCUT2D eigenvalue weighted by Crippen LogP contribution is -2.54. The maximum absolute atomic E-state index is 12.2. The van der Waals surface area contributed by atoms with Crippen molar-refractivity contribution < 1.29 is 14.7 Å². The summed E-state index contributed by atoms with van der Waals surface area (Å²) in [6.45, 7) is 0. The van der Waals surface area contributed by atoms with E-state index >= 15 is 0 Å². The highest BCUT2D eigenvalue weighted by atomic mass is 16.4. The first kappa shape index (κ1) is 12.7. The smallest absolute Gasteiger partial charge is 0.305 e. The number of rotatable bonds is 4. The van der Waals surface area contributed by atoms with Gasteiger partial charge in [-0.1, -0.05) is 6.07 Å². The van der Waals surface area contributed by atoms with Gasteiger partial charge < -0.3 is 14.8 Å². The van der Waals surface area contributed by atoms with Gasteiger partial charge in [0.15, 0.2) is 0 Å². The molecular weight excluding hydrogens is 258 g/mol. The van der Waals surface area contributed by atoms with Crippen molar-refractivity contribution in [2.45, 2.75) is 31.2 Å². The van der Waals surface area contributed by atoms with Crippen LogP contribution < -0.4 is 5.32 Å². The second-order valence-corrected chi connectivity index (χ2v) is 5.25. The molecule has 0 aromatic carbocycles. The molecule has 0 atom stereocenters. The van der Waals surface area contributed by atoms with Gasteiger partial charge in [-0.3, -0.25) is 9.59 Å². The average molecular weight is 273 g/mol. The zero-order valence-corrected chi connectivity index (χ0v) is 10.9. The van der Waals surface area contributed by atoms with Gasteiger partial charge in [-0.15, -0.1) is 0 Å². The van der Waals surface area contributed by atoms with Crippen LogP contribution in [0.25, 0.3) is 5.65 Å². The Morgan fingerprint density at radius 3 is 2.80 bits per heavy atom. The number of carbonyl (C=O) groups is 2. The molecule has 2 aromatic heterocycles. The van der Waals surface area contributed by atoms with E-state index < -0.39 is 11.5 Å². The number of fused-ring (bicyclic) bond motifs is 1. The predicted octanol–water partition coefficient (Wildman–Crippen LogP) is 1.46. The van der Waals surface area contributed by atoms with E-state index in [0.717, 1.165) is 6.42 Å². The lowest BCUT2D eigenvalue weighted by Gasteiger charge is -2.41. The maximum Gasteiger partial charge on any atom is 0.305 e. The van der Waals surface area contributed by atoms with Crippen LogP contribution in [0.1, 0.15) is 36.2 Å².